The average Bonchev–Trinajstić information content (AvgIpc) is 3.33. The molecule has 0 radical (unpaired) electrons. The number of pyridine rings is 1. The summed E-state index contributed by atoms with van der Waals surface area (Å²) in [5, 5.41) is 24.8. The second-order valence-corrected chi connectivity index (χ2v) is 10.4. The van der Waals surface area contributed by atoms with E-state index in [1.54, 1.807) is 36.4 Å². The molecule has 0 spiro atoms. The Bertz CT molecular complexity index is 1140. The number of aliphatic hydroxyl groups is 1. The lowest BCUT2D eigenvalue weighted by Crippen LogP contribution is -2.47. The number of hydrogen-bond donors (Lipinski definition) is 1. The highest BCUT2D eigenvalue weighted by atomic mass is 35.5. The zero-order valence-electron chi connectivity index (χ0n) is 21.4. The number of aryl methyl sites for hydroxylation is 1. The highest BCUT2D eigenvalue weighted by Gasteiger charge is 2.40. The first kappa shape index (κ1) is 29.2. The molecule has 2 aromatic heterocycles. The van der Waals surface area contributed by atoms with E-state index in [1.165, 1.54) is 11.9 Å². The van der Waals surface area contributed by atoms with Crippen LogP contribution in [-0.4, -0.2) is 48.2 Å². The molecule has 1 aromatic carbocycles. The van der Waals surface area contributed by atoms with Crippen molar-refractivity contribution in [2.24, 2.45) is 10.4 Å². The Morgan fingerprint density at radius 2 is 1.81 bits per heavy atom. The first-order valence-corrected chi connectivity index (χ1v) is 12.2. The fourth-order valence-corrected chi connectivity index (χ4v) is 3.56. The summed E-state index contributed by atoms with van der Waals surface area (Å²) in [5.41, 5.74) is 1.07. The molecule has 0 saturated heterocycles. The van der Waals surface area contributed by atoms with Crippen LogP contribution >= 0.6 is 23.2 Å². The maximum Gasteiger partial charge on any atom is 0.207 e. The standard InChI is InChI=1S/C16H22ClN3O.C10H11ClN4/c1-15(2,3)16(21,10-20-12-18-11-19-20)9-8-13-4-6-14(17)7-5-13;1-8(14-7-12)15(2)6-9-3-4-10(11)13-5-9/h4-7,11-12,21H,8-10H2,1-3H3;3-5H,6H2,1-2H3/b;14-8+. The number of aromatic nitrogens is 4. The third-order valence-electron chi connectivity index (χ3n) is 6.00. The van der Waals surface area contributed by atoms with Crippen molar-refractivity contribution in [3.05, 3.63) is 76.6 Å². The van der Waals surface area contributed by atoms with E-state index in [9.17, 15) is 5.11 Å². The van der Waals surface area contributed by atoms with Crippen molar-refractivity contribution in [3.8, 4) is 6.19 Å². The molecule has 36 heavy (non-hydrogen) atoms. The van der Waals surface area contributed by atoms with Gasteiger partial charge >= 0.3 is 0 Å². The normalized spacial score (nSPS) is 13.2. The highest BCUT2D eigenvalue weighted by molar-refractivity contribution is 6.30. The third-order valence-corrected chi connectivity index (χ3v) is 6.47. The summed E-state index contributed by atoms with van der Waals surface area (Å²) in [5.74, 6) is 0.674. The van der Waals surface area contributed by atoms with Crippen LogP contribution in [0.2, 0.25) is 10.2 Å². The van der Waals surface area contributed by atoms with Gasteiger partial charge in [0.2, 0.25) is 6.19 Å². The zero-order valence-corrected chi connectivity index (χ0v) is 22.9. The van der Waals surface area contributed by atoms with Crippen molar-refractivity contribution in [3.63, 3.8) is 0 Å². The predicted octanol–water partition coefficient (Wildman–Crippen LogP) is 5.41. The second-order valence-electron chi connectivity index (χ2n) is 9.61. The Balaban J connectivity index is 0.000000269. The van der Waals surface area contributed by atoms with Gasteiger partial charge in [0.1, 0.15) is 23.6 Å². The SMILES string of the molecule is C/C(=N\C#N)N(C)Cc1ccc(Cl)nc1.CC(C)(C)C(O)(CCc1ccc(Cl)cc1)Cn1cncn1. The molecule has 2 heterocycles. The smallest absolute Gasteiger partial charge is 0.207 e. The highest BCUT2D eigenvalue weighted by Crippen LogP contribution is 2.35. The van der Waals surface area contributed by atoms with E-state index >= 15 is 0 Å². The summed E-state index contributed by atoms with van der Waals surface area (Å²) in [4.78, 5) is 13.4. The van der Waals surface area contributed by atoms with Crippen molar-refractivity contribution >= 4 is 29.0 Å². The van der Waals surface area contributed by atoms with Gasteiger partial charge in [0.05, 0.1) is 12.1 Å². The zero-order chi connectivity index (χ0) is 26.8. The summed E-state index contributed by atoms with van der Waals surface area (Å²) in [7, 11) is 1.87. The van der Waals surface area contributed by atoms with Gasteiger partial charge in [-0.3, -0.25) is 4.68 Å². The van der Waals surface area contributed by atoms with Crippen LogP contribution in [0.4, 0.5) is 0 Å². The average molecular weight is 531 g/mol. The van der Waals surface area contributed by atoms with Crippen LogP contribution in [0.25, 0.3) is 0 Å². The summed E-state index contributed by atoms with van der Waals surface area (Å²) in [6, 6.07) is 11.4. The summed E-state index contributed by atoms with van der Waals surface area (Å²) < 4.78 is 1.69. The van der Waals surface area contributed by atoms with Crippen molar-refractivity contribution in [2.45, 2.75) is 59.2 Å². The van der Waals surface area contributed by atoms with E-state index in [1.807, 2.05) is 63.1 Å². The lowest BCUT2D eigenvalue weighted by molar-refractivity contribution is -0.0796. The largest absolute Gasteiger partial charge is 0.387 e. The minimum absolute atomic E-state index is 0.259. The number of benzene rings is 1. The molecule has 0 aliphatic carbocycles. The van der Waals surface area contributed by atoms with Crippen LogP contribution in [0.15, 0.2) is 60.2 Å². The Morgan fingerprint density at radius 1 is 1.14 bits per heavy atom. The van der Waals surface area contributed by atoms with Crippen molar-refractivity contribution in [1.29, 1.82) is 5.26 Å². The van der Waals surface area contributed by atoms with E-state index in [0.29, 0.717) is 30.5 Å². The van der Waals surface area contributed by atoms with E-state index in [2.05, 4.69) is 20.1 Å². The lowest BCUT2D eigenvalue weighted by Gasteiger charge is -2.40. The van der Waals surface area contributed by atoms with Gasteiger partial charge in [0, 0.05) is 24.8 Å². The molecule has 0 aliphatic rings. The van der Waals surface area contributed by atoms with Gasteiger partial charge in [0.15, 0.2) is 0 Å². The van der Waals surface area contributed by atoms with Crippen molar-refractivity contribution in [1.82, 2.24) is 24.6 Å². The number of halogens is 2. The topological polar surface area (TPSA) is 103 Å². The number of nitrogens with zero attached hydrogens (tertiary/aromatic N) is 7. The van der Waals surface area contributed by atoms with Crippen LogP contribution in [0.1, 0.15) is 45.2 Å². The summed E-state index contributed by atoms with van der Waals surface area (Å²) in [6.07, 6.45) is 8.03. The number of rotatable bonds is 7. The van der Waals surface area contributed by atoms with Crippen LogP contribution in [0.5, 0.6) is 0 Å². The number of hydrogen-bond acceptors (Lipinski definition) is 6. The Kier molecular flexibility index (Phi) is 10.8. The van der Waals surface area contributed by atoms with E-state index in [0.717, 1.165) is 17.0 Å². The maximum absolute atomic E-state index is 11.1. The predicted molar refractivity (Wildman–Crippen MR) is 144 cm³/mol. The summed E-state index contributed by atoms with van der Waals surface area (Å²) >= 11 is 11.6. The van der Waals surface area contributed by atoms with Crippen LogP contribution in [0.3, 0.4) is 0 Å². The van der Waals surface area contributed by atoms with Crippen molar-refractivity contribution in [2.75, 3.05) is 7.05 Å². The van der Waals surface area contributed by atoms with Gasteiger partial charge < -0.3 is 10.0 Å². The van der Waals surface area contributed by atoms with Gasteiger partial charge in [-0.15, -0.1) is 0 Å². The molecule has 1 unspecified atom stereocenters. The Morgan fingerprint density at radius 3 is 2.33 bits per heavy atom. The van der Waals surface area contributed by atoms with Crippen LogP contribution < -0.4 is 0 Å². The van der Waals surface area contributed by atoms with Gasteiger partial charge in [0.25, 0.3) is 0 Å². The van der Waals surface area contributed by atoms with E-state index in [4.69, 9.17) is 28.5 Å². The quantitative estimate of drug-likeness (QED) is 0.190. The van der Waals surface area contributed by atoms with Crippen LogP contribution in [0, 0.1) is 16.9 Å². The Hall–Kier alpha value is -2.99. The Labute approximate surface area is 223 Å². The molecule has 0 saturated carbocycles. The molecule has 0 amide bonds. The van der Waals surface area contributed by atoms with E-state index < -0.39 is 5.60 Å². The second kappa shape index (κ2) is 13.4. The fraction of sp³-hybridized carbons (Fsp3) is 0.423. The number of nitriles is 1. The molecule has 0 bridgehead atoms. The lowest BCUT2D eigenvalue weighted by atomic mass is 9.73. The molecular formula is C26H33Cl2N7O. The van der Waals surface area contributed by atoms with Gasteiger partial charge in [-0.05, 0) is 54.5 Å². The first-order chi connectivity index (χ1) is 16.9. The molecule has 1 atom stereocenters. The molecule has 0 fully saturated rings. The molecule has 3 aromatic rings. The van der Waals surface area contributed by atoms with E-state index in [-0.39, 0.29) is 5.41 Å². The molecule has 1 N–H and O–H groups in total. The third kappa shape index (κ3) is 9.23. The van der Waals surface area contributed by atoms with Gasteiger partial charge in [-0.25, -0.2) is 9.97 Å². The molecule has 10 heteroatoms. The maximum atomic E-state index is 11.1. The minimum atomic E-state index is -0.861. The molecule has 0 aliphatic heterocycles. The number of amidine groups is 1. The fourth-order valence-electron chi connectivity index (χ4n) is 3.32. The summed E-state index contributed by atoms with van der Waals surface area (Å²) in [6.45, 7) is 9.02. The van der Waals surface area contributed by atoms with Gasteiger partial charge in [-0.1, -0.05) is 62.2 Å². The number of aliphatic imine (C=N–C) groups is 1. The molecule has 8 nitrogen and oxygen atoms in total. The van der Waals surface area contributed by atoms with Crippen molar-refractivity contribution < 1.29 is 5.11 Å². The van der Waals surface area contributed by atoms with Crippen LogP contribution in [-0.2, 0) is 19.5 Å². The van der Waals surface area contributed by atoms with Gasteiger partial charge in [-0.2, -0.15) is 15.4 Å². The molecule has 3 rings (SSSR count). The minimum Gasteiger partial charge on any atom is -0.387 e. The molecule has 192 valence electrons. The monoisotopic (exact) mass is 529 g/mol. The first-order valence-electron chi connectivity index (χ1n) is 11.5. The molecular weight excluding hydrogens is 497 g/mol.